The summed E-state index contributed by atoms with van der Waals surface area (Å²) in [5, 5.41) is 13.0. The second kappa shape index (κ2) is 8.24. The van der Waals surface area contributed by atoms with Gasteiger partial charge in [-0.1, -0.05) is 62.8 Å². The van der Waals surface area contributed by atoms with Crippen LogP contribution in [0.4, 0.5) is 5.13 Å². The van der Waals surface area contributed by atoms with Crippen LogP contribution in [0.25, 0.3) is 11.0 Å². The minimum absolute atomic E-state index is 0.277. The molecule has 0 atom stereocenters. The van der Waals surface area contributed by atoms with E-state index in [0.29, 0.717) is 15.7 Å². The number of nitrogens with zero attached hydrogens (tertiary/aromatic N) is 2. The predicted molar refractivity (Wildman–Crippen MR) is 118 cm³/mol. The van der Waals surface area contributed by atoms with E-state index in [0.717, 1.165) is 31.1 Å². The van der Waals surface area contributed by atoms with Crippen LogP contribution in [0, 0.1) is 6.92 Å². The number of rotatable bonds is 5. The van der Waals surface area contributed by atoms with Gasteiger partial charge in [-0.05, 0) is 42.8 Å². The Labute approximate surface area is 182 Å². The van der Waals surface area contributed by atoms with Crippen LogP contribution < -0.4 is 5.32 Å². The fourth-order valence-electron chi connectivity index (χ4n) is 2.61. The molecule has 0 spiro atoms. The Morgan fingerprint density at radius 2 is 2.04 bits per heavy atom. The molecule has 2 aromatic carbocycles. The largest absolute Gasteiger partial charge is 0.451 e. The Balaban J connectivity index is 1.44. The van der Waals surface area contributed by atoms with Gasteiger partial charge in [0.2, 0.25) is 5.13 Å². The SMILES string of the molecule is Cc1c(C(=O)Nc2nnc(SCc3ccc(Cl)cc3)s2)oc2cc(Br)ccc12. The van der Waals surface area contributed by atoms with Gasteiger partial charge in [-0.25, -0.2) is 0 Å². The monoisotopic (exact) mass is 493 g/mol. The van der Waals surface area contributed by atoms with Crippen LogP contribution in [0.1, 0.15) is 21.7 Å². The van der Waals surface area contributed by atoms with Crippen LogP contribution >= 0.6 is 50.6 Å². The quantitative estimate of drug-likeness (QED) is 0.251. The van der Waals surface area contributed by atoms with Gasteiger partial charge in [-0.15, -0.1) is 10.2 Å². The molecule has 1 amide bonds. The maximum absolute atomic E-state index is 12.6. The van der Waals surface area contributed by atoms with Crippen molar-refractivity contribution in [3.63, 3.8) is 0 Å². The van der Waals surface area contributed by atoms with Crippen molar-refractivity contribution in [1.29, 1.82) is 0 Å². The number of nitrogens with one attached hydrogen (secondary N) is 1. The molecule has 0 saturated heterocycles. The van der Waals surface area contributed by atoms with Gasteiger partial charge < -0.3 is 4.42 Å². The van der Waals surface area contributed by atoms with E-state index in [1.54, 1.807) is 11.8 Å². The van der Waals surface area contributed by atoms with Gasteiger partial charge in [-0.2, -0.15) is 0 Å². The van der Waals surface area contributed by atoms with Gasteiger partial charge in [0.1, 0.15) is 5.58 Å². The summed E-state index contributed by atoms with van der Waals surface area (Å²) in [6.45, 7) is 1.86. The number of amides is 1. The van der Waals surface area contributed by atoms with Crippen LogP contribution in [-0.2, 0) is 5.75 Å². The van der Waals surface area contributed by atoms with Crippen molar-refractivity contribution in [2.24, 2.45) is 0 Å². The molecule has 0 aliphatic heterocycles. The lowest BCUT2D eigenvalue weighted by molar-refractivity contribution is 0.0998. The number of aryl methyl sites for hydroxylation is 1. The number of benzene rings is 2. The number of halogens is 2. The second-order valence-electron chi connectivity index (χ2n) is 5.94. The average Bonchev–Trinajstić information content (AvgIpc) is 3.25. The molecule has 1 N–H and O–H groups in total. The topological polar surface area (TPSA) is 68.0 Å². The maximum Gasteiger partial charge on any atom is 0.293 e. The van der Waals surface area contributed by atoms with E-state index in [1.165, 1.54) is 11.3 Å². The van der Waals surface area contributed by atoms with Crippen LogP contribution in [-0.4, -0.2) is 16.1 Å². The lowest BCUT2D eigenvalue weighted by atomic mass is 10.1. The molecule has 0 saturated carbocycles. The molecule has 28 heavy (non-hydrogen) atoms. The van der Waals surface area contributed by atoms with Crippen LogP contribution in [0.3, 0.4) is 0 Å². The molecule has 4 rings (SSSR count). The molecule has 0 aliphatic carbocycles. The number of hydrogen-bond donors (Lipinski definition) is 1. The van der Waals surface area contributed by atoms with Crippen LogP contribution in [0.15, 0.2) is 55.7 Å². The van der Waals surface area contributed by atoms with E-state index in [9.17, 15) is 4.79 Å². The van der Waals surface area contributed by atoms with Crippen molar-refractivity contribution in [2.75, 3.05) is 5.32 Å². The number of hydrogen-bond acceptors (Lipinski definition) is 6. The predicted octanol–water partition coefficient (Wildman–Crippen LogP) is 6.55. The number of anilines is 1. The summed E-state index contributed by atoms with van der Waals surface area (Å²) in [5.41, 5.74) is 2.59. The van der Waals surface area contributed by atoms with Crippen LogP contribution in [0.5, 0.6) is 0 Å². The lowest BCUT2D eigenvalue weighted by Crippen LogP contribution is -2.11. The summed E-state index contributed by atoms with van der Waals surface area (Å²) in [7, 11) is 0. The summed E-state index contributed by atoms with van der Waals surface area (Å²) < 4.78 is 7.40. The zero-order chi connectivity index (χ0) is 19.7. The zero-order valence-electron chi connectivity index (χ0n) is 14.5. The Morgan fingerprint density at radius 3 is 2.82 bits per heavy atom. The second-order valence-corrected chi connectivity index (χ2v) is 9.49. The lowest BCUT2D eigenvalue weighted by Gasteiger charge is -1.99. The summed E-state index contributed by atoms with van der Waals surface area (Å²) >= 11 is 12.2. The number of fused-ring (bicyclic) bond motifs is 1. The Hall–Kier alpha value is -1.87. The normalized spacial score (nSPS) is 11.1. The molecular weight excluding hydrogens is 482 g/mol. The van der Waals surface area contributed by atoms with Crippen molar-refractivity contribution >= 4 is 72.6 Å². The molecule has 2 heterocycles. The highest BCUT2D eigenvalue weighted by molar-refractivity contribution is 9.10. The Kier molecular flexibility index (Phi) is 5.73. The third-order valence-corrected chi connectivity index (χ3v) is 6.80. The number of furan rings is 1. The van der Waals surface area contributed by atoms with Gasteiger partial charge in [0.05, 0.1) is 0 Å². The van der Waals surface area contributed by atoms with Crippen molar-refractivity contribution < 1.29 is 9.21 Å². The van der Waals surface area contributed by atoms with E-state index in [2.05, 4.69) is 31.4 Å². The molecule has 9 heteroatoms. The van der Waals surface area contributed by atoms with Crippen LogP contribution in [0.2, 0.25) is 5.02 Å². The van der Waals surface area contributed by atoms with Gasteiger partial charge in [0.25, 0.3) is 5.91 Å². The highest BCUT2D eigenvalue weighted by atomic mass is 79.9. The molecular formula is C19H13BrClN3O2S2. The van der Waals surface area contributed by atoms with Gasteiger partial charge in [-0.3, -0.25) is 10.1 Å². The standard InChI is InChI=1S/C19H13BrClN3O2S2/c1-10-14-7-4-12(20)8-15(14)26-16(10)17(25)22-18-23-24-19(28-18)27-9-11-2-5-13(21)6-3-11/h2-8H,9H2,1H3,(H,22,23,25). The van der Waals surface area contributed by atoms with Gasteiger partial charge >= 0.3 is 0 Å². The number of carbonyl (C=O) groups is 1. The van der Waals surface area contributed by atoms with E-state index >= 15 is 0 Å². The summed E-state index contributed by atoms with van der Waals surface area (Å²) in [5.74, 6) is 0.686. The van der Waals surface area contributed by atoms with Gasteiger partial charge in [0, 0.05) is 26.2 Å². The summed E-state index contributed by atoms with van der Waals surface area (Å²) in [6.07, 6.45) is 0. The minimum Gasteiger partial charge on any atom is -0.451 e. The zero-order valence-corrected chi connectivity index (χ0v) is 18.5. The first-order chi connectivity index (χ1) is 13.5. The fourth-order valence-corrected chi connectivity index (χ4v) is 4.78. The third kappa shape index (κ3) is 4.25. The highest BCUT2D eigenvalue weighted by Gasteiger charge is 2.19. The summed E-state index contributed by atoms with van der Waals surface area (Å²) in [6, 6.07) is 13.3. The first kappa shape index (κ1) is 19.4. The van der Waals surface area contributed by atoms with E-state index in [4.69, 9.17) is 16.0 Å². The molecule has 142 valence electrons. The van der Waals surface area contributed by atoms with Crippen molar-refractivity contribution in [1.82, 2.24) is 10.2 Å². The van der Waals surface area contributed by atoms with Crippen molar-refractivity contribution in [3.8, 4) is 0 Å². The molecule has 2 aromatic heterocycles. The summed E-state index contributed by atoms with van der Waals surface area (Å²) in [4.78, 5) is 12.6. The maximum atomic E-state index is 12.6. The molecule has 0 radical (unpaired) electrons. The first-order valence-electron chi connectivity index (χ1n) is 8.20. The molecule has 0 bridgehead atoms. The van der Waals surface area contributed by atoms with E-state index in [-0.39, 0.29) is 11.7 Å². The van der Waals surface area contributed by atoms with Crippen molar-refractivity contribution in [3.05, 3.63) is 68.8 Å². The number of carbonyl (C=O) groups excluding carboxylic acids is 1. The Morgan fingerprint density at radius 1 is 1.25 bits per heavy atom. The average molecular weight is 495 g/mol. The van der Waals surface area contributed by atoms with Gasteiger partial charge in [0.15, 0.2) is 10.1 Å². The molecule has 0 fully saturated rings. The van der Waals surface area contributed by atoms with E-state index < -0.39 is 0 Å². The fraction of sp³-hybridized carbons (Fsp3) is 0.105. The smallest absolute Gasteiger partial charge is 0.293 e. The molecule has 0 aliphatic rings. The molecule has 4 aromatic rings. The minimum atomic E-state index is -0.338. The van der Waals surface area contributed by atoms with E-state index in [1.807, 2.05) is 49.4 Å². The first-order valence-corrected chi connectivity index (χ1v) is 11.2. The molecule has 5 nitrogen and oxygen atoms in total. The highest BCUT2D eigenvalue weighted by Crippen LogP contribution is 2.31. The Bertz CT molecular complexity index is 1160. The van der Waals surface area contributed by atoms with Crippen molar-refractivity contribution in [2.45, 2.75) is 17.0 Å². The third-order valence-electron chi connectivity index (χ3n) is 4.01. The number of aromatic nitrogens is 2. The molecule has 0 unspecified atom stereocenters. The number of thioether (sulfide) groups is 1.